The van der Waals surface area contributed by atoms with E-state index in [4.69, 9.17) is 0 Å². The van der Waals surface area contributed by atoms with Crippen LogP contribution >= 0.6 is 0 Å². The first kappa shape index (κ1) is 16.9. The fourth-order valence-electron chi connectivity index (χ4n) is 4.30. The van der Waals surface area contributed by atoms with E-state index >= 15 is 0 Å². The number of aliphatic hydroxyl groups is 1. The van der Waals surface area contributed by atoms with Crippen molar-refractivity contribution in [1.29, 1.82) is 0 Å². The van der Waals surface area contributed by atoms with Gasteiger partial charge in [-0.05, 0) is 49.0 Å². The molecule has 1 aliphatic heterocycles. The third-order valence-electron chi connectivity index (χ3n) is 6.17. The number of rotatable bonds is 7. The highest BCUT2D eigenvalue weighted by atomic mass is 16.3. The summed E-state index contributed by atoms with van der Waals surface area (Å²) in [6, 6.07) is 10.4. The minimum Gasteiger partial charge on any atom is -0.392 e. The minimum absolute atomic E-state index is 0.0621. The maximum absolute atomic E-state index is 12.2. The number of nitrogens with zero attached hydrogens (tertiary/aromatic N) is 1. The molecule has 1 heterocycles. The van der Waals surface area contributed by atoms with Gasteiger partial charge in [0, 0.05) is 32.2 Å². The van der Waals surface area contributed by atoms with Crippen molar-refractivity contribution in [2.24, 2.45) is 11.3 Å². The quantitative estimate of drug-likeness (QED) is 0.710. The van der Waals surface area contributed by atoms with Crippen LogP contribution in [0.4, 0.5) is 4.79 Å². The van der Waals surface area contributed by atoms with Crippen LogP contribution in [0.2, 0.25) is 0 Å². The third-order valence-corrected chi connectivity index (χ3v) is 6.17. The van der Waals surface area contributed by atoms with E-state index in [2.05, 4.69) is 27.7 Å². The molecule has 0 bridgehead atoms. The number of urea groups is 1. The van der Waals surface area contributed by atoms with Crippen LogP contribution in [0, 0.1) is 11.3 Å². The van der Waals surface area contributed by atoms with Crippen molar-refractivity contribution < 1.29 is 9.90 Å². The Morgan fingerprint density at radius 2 is 1.96 bits per heavy atom. The molecule has 0 spiro atoms. The summed E-state index contributed by atoms with van der Waals surface area (Å²) >= 11 is 0. The smallest absolute Gasteiger partial charge is 0.314 e. The van der Waals surface area contributed by atoms with E-state index in [1.54, 1.807) is 0 Å². The van der Waals surface area contributed by atoms with E-state index in [1.165, 1.54) is 31.2 Å². The predicted octanol–water partition coefficient (Wildman–Crippen LogP) is 2.11. The van der Waals surface area contributed by atoms with Crippen molar-refractivity contribution in [1.82, 2.24) is 15.5 Å². The first-order chi connectivity index (χ1) is 12.1. The average molecular weight is 343 g/mol. The van der Waals surface area contributed by atoms with Gasteiger partial charge >= 0.3 is 6.03 Å². The number of amides is 2. The summed E-state index contributed by atoms with van der Waals surface area (Å²) in [7, 11) is 0. The molecular formula is C20H29N3O2. The molecule has 136 valence electrons. The second-order valence-corrected chi connectivity index (χ2v) is 8.16. The lowest BCUT2D eigenvalue weighted by atomic mass is 10.0. The highest BCUT2D eigenvalue weighted by Crippen LogP contribution is 2.60. The van der Waals surface area contributed by atoms with Crippen LogP contribution in [0.1, 0.15) is 37.7 Å². The second kappa shape index (κ2) is 6.96. The predicted molar refractivity (Wildman–Crippen MR) is 97.1 cm³/mol. The zero-order valence-corrected chi connectivity index (χ0v) is 14.8. The van der Waals surface area contributed by atoms with Crippen LogP contribution in [0.5, 0.6) is 0 Å². The van der Waals surface area contributed by atoms with Gasteiger partial charge in [-0.1, -0.05) is 30.3 Å². The Bertz CT molecular complexity index is 598. The Labute approximate surface area is 149 Å². The molecule has 2 unspecified atom stereocenters. The molecule has 0 radical (unpaired) electrons. The average Bonchev–Trinajstić information content (AvgIpc) is 3.51. The first-order valence-electron chi connectivity index (χ1n) is 9.62. The Hall–Kier alpha value is -1.59. The normalized spacial score (nSPS) is 27.9. The van der Waals surface area contributed by atoms with Gasteiger partial charge in [0.15, 0.2) is 0 Å². The molecule has 0 aromatic heterocycles. The number of likely N-dealkylation sites (tertiary alicyclic amines) is 1. The van der Waals surface area contributed by atoms with Gasteiger partial charge in [0.1, 0.15) is 0 Å². The van der Waals surface area contributed by atoms with Crippen LogP contribution in [-0.2, 0) is 6.54 Å². The Balaban J connectivity index is 1.23. The molecule has 3 N–H and O–H groups in total. The molecule has 2 saturated carbocycles. The summed E-state index contributed by atoms with van der Waals surface area (Å²) in [6.45, 7) is 2.90. The van der Waals surface area contributed by atoms with Crippen LogP contribution in [0.3, 0.4) is 0 Å². The van der Waals surface area contributed by atoms with E-state index in [9.17, 15) is 9.90 Å². The first-order valence-corrected chi connectivity index (χ1v) is 9.62. The Morgan fingerprint density at radius 3 is 2.64 bits per heavy atom. The Kier molecular flexibility index (Phi) is 4.69. The molecular weight excluding hydrogens is 314 g/mol. The minimum atomic E-state index is -0.303. The number of nitrogens with one attached hydrogen (secondary N) is 2. The number of carbonyl (C=O) groups excluding carboxylic acids is 1. The molecule has 5 nitrogen and oxygen atoms in total. The van der Waals surface area contributed by atoms with Gasteiger partial charge in [-0.3, -0.25) is 4.90 Å². The molecule has 5 heteroatoms. The third kappa shape index (κ3) is 4.15. The summed E-state index contributed by atoms with van der Waals surface area (Å²) < 4.78 is 0. The maximum Gasteiger partial charge on any atom is 0.314 e. The highest BCUT2D eigenvalue weighted by molar-refractivity contribution is 5.74. The van der Waals surface area contributed by atoms with Crippen LogP contribution in [-0.4, -0.2) is 47.8 Å². The zero-order chi connectivity index (χ0) is 17.3. The lowest BCUT2D eigenvalue weighted by Crippen LogP contribution is -2.45. The molecule has 2 amide bonds. The van der Waals surface area contributed by atoms with Gasteiger partial charge in [0.25, 0.3) is 0 Å². The number of benzene rings is 1. The van der Waals surface area contributed by atoms with Crippen molar-refractivity contribution >= 4 is 6.03 Å². The maximum atomic E-state index is 12.2. The van der Waals surface area contributed by atoms with Gasteiger partial charge in [-0.2, -0.15) is 0 Å². The largest absolute Gasteiger partial charge is 0.392 e. The monoisotopic (exact) mass is 343 g/mol. The molecule has 3 aliphatic rings. The van der Waals surface area contributed by atoms with Crippen LogP contribution in [0.25, 0.3) is 0 Å². The molecule has 2 aliphatic carbocycles. The molecule has 3 fully saturated rings. The number of hydrogen-bond acceptors (Lipinski definition) is 3. The van der Waals surface area contributed by atoms with E-state index in [0.717, 1.165) is 25.4 Å². The number of carbonyl (C=O) groups is 1. The topological polar surface area (TPSA) is 64.6 Å². The summed E-state index contributed by atoms with van der Waals surface area (Å²) in [5.74, 6) is 0.860. The highest BCUT2D eigenvalue weighted by Gasteiger charge is 2.53. The lowest BCUT2D eigenvalue weighted by Gasteiger charge is -2.24. The van der Waals surface area contributed by atoms with Crippen LogP contribution < -0.4 is 10.6 Å². The molecule has 4 rings (SSSR count). The van der Waals surface area contributed by atoms with Crippen molar-refractivity contribution in [2.75, 3.05) is 19.6 Å². The summed E-state index contributed by atoms with van der Waals surface area (Å²) in [5.41, 5.74) is 1.67. The van der Waals surface area contributed by atoms with Crippen molar-refractivity contribution in [3.05, 3.63) is 35.9 Å². The van der Waals surface area contributed by atoms with E-state index in [0.29, 0.717) is 18.5 Å². The number of β-amino-alcohol motifs (C(OH)–C–C–N with tert-alkyl or cyclic N) is 1. The van der Waals surface area contributed by atoms with Crippen LogP contribution in [0.15, 0.2) is 30.3 Å². The van der Waals surface area contributed by atoms with E-state index in [1.807, 2.05) is 18.2 Å². The fourth-order valence-corrected chi connectivity index (χ4v) is 4.30. The van der Waals surface area contributed by atoms with Crippen molar-refractivity contribution in [3.8, 4) is 0 Å². The molecule has 1 aromatic rings. The summed E-state index contributed by atoms with van der Waals surface area (Å²) in [4.78, 5) is 14.4. The van der Waals surface area contributed by atoms with Crippen molar-refractivity contribution in [2.45, 2.75) is 50.8 Å². The second-order valence-electron chi connectivity index (χ2n) is 8.16. The lowest BCUT2D eigenvalue weighted by molar-refractivity contribution is 0.172. The molecule has 25 heavy (non-hydrogen) atoms. The zero-order valence-electron chi connectivity index (χ0n) is 14.8. The van der Waals surface area contributed by atoms with E-state index < -0.39 is 0 Å². The number of aliphatic hydroxyl groups excluding tert-OH is 1. The molecule has 2 atom stereocenters. The van der Waals surface area contributed by atoms with Gasteiger partial charge in [0.05, 0.1) is 6.10 Å². The summed E-state index contributed by atoms with van der Waals surface area (Å²) in [6.07, 6.45) is 5.66. The molecule has 1 aromatic carbocycles. The Morgan fingerprint density at radius 1 is 1.20 bits per heavy atom. The standard InChI is InChI=1S/C20H29N3O2/c24-18-10-17(23(13-18)12-15-4-2-1-3-5-15)11-21-19(25)22-14-20(8-9-20)16-6-7-16/h1-5,16-18,24H,6-14H2,(H2,21,22,25). The van der Waals surface area contributed by atoms with Crippen molar-refractivity contribution in [3.63, 3.8) is 0 Å². The van der Waals surface area contributed by atoms with Gasteiger partial charge in [-0.25, -0.2) is 4.79 Å². The van der Waals surface area contributed by atoms with E-state index in [-0.39, 0.29) is 18.2 Å². The molecule has 1 saturated heterocycles. The SMILES string of the molecule is O=C(NCC1CC(O)CN1Cc1ccccc1)NCC1(C2CC2)CC1. The summed E-state index contributed by atoms with van der Waals surface area (Å²) in [5, 5.41) is 16.1. The number of hydrogen-bond donors (Lipinski definition) is 3. The van der Waals surface area contributed by atoms with Gasteiger partial charge < -0.3 is 15.7 Å². The van der Waals surface area contributed by atoms with Gasteiger partial charge in [-0.15, -0.1) is 0 Å². The van der Waals surface area contributed by atoms with Gasteiger partial charge in [0.2, 0.25) is 0 Å². The fraction of sp³-hybridized carbons (Fsp3) is 0.650.